The van der Waals surface area contributed by atoms with Gasteiger partial charge in [0, 0.05) is 6.54 Å². The number of hydrogen-bond donors (Lipinski definition) is 6. The zero-order valence-corrected chi connectivity index (χ0v) is 19.3. The van der Waals surface area contributed by atoms with Crippen LogP contribution in [0.4, 0.5) is 5.82 Å². The molecule has 1 saturated heterocycles. The molecule has 6 atom stereocenters. The van der Waals surface area contributed by atoms with Crippen LogP contribution in [0.3, 0.4) is 0 Å². The number of primary amides is 1. The van der Waals surface area contributed by atoms with Crippen molar-refractivity contribution >= 4 is 22.9 Å². The third-order valence-corrected chi connectivity index (χ3v) is 6.42. The van der Waals surface area contributed by atoms with Crippen molar-refractivity contribution in [2.75, 3.05) is 12.3 Å². The molecule has 188 valence electrons. The van der Waals surface area contributed by atoms with Gasteiger partial charge >= 0.3 is 0 Å². The summed E-state index contributed by atoms with van der Waals surface area (Å²) in [5.74, 6) is -0.331. The van der Waals surface area contributed by atoms with Crippen molar-refractivity contribution in [2.24, 2.45) is 17.4 Å². The van der Waals surface area contributed by atoms with Gasteiger partial charge in [0.05, 0.1) is 18.5 Å². The number of ether oxygens (including phenoxy) is 1. The minimum atomic E-state index is -1.20. The van der Waals surface area contributed by atoms with Gasteiger partial charge in [-0.15, -0.1) is 0 Å². The predicted molar refractivity (Wildman–Crippen MR) is 128 cm³/mol. The van der Waals surface area contributed by atoms with Crippen molar-refractivity contribution < 1.29 is 19.7 Å². The highest BCUT2D eigenvalue weighted by Gasteiger charge is 2.45. The Kier molecular flexibility index (Phi) is 7.88. The molecule has 1 aliphatic heterocycles. The molecule has 12 nitrogen and oxygen atoms in total. The third kappa shape index (κ3) is 5.74. The van der Waals surface area contributed by atoms with Gasteiger partial charge in [-0.1, -0.05) is 30.3 Å². The number of aliphatic hydroxyl groups is 2. The number of rotatable bonds is 11. The molecule has 0 saturated carbocycles. The first-order valence-corrected chi connectivity index (χ1v) is 11.6. The molecule has 3 heterocycles. The molecule has 1 amide bonds. The van der Waals surface area contributed by atoms with Crippen molar-refractivity contribution in [2.45, 2.75) is 56.4 Å². The molecular weight excluding hydrogens is 452 g/mol. The molecule has 0 aliphatic carbocycles. The van der Waals surface area contributed by atoms with Crippen molar-refractivity contribution in [1.29, 1.82) is 0 Å². The van der Waals surface area contributed by atoms with Crippen LogP contribution in [0.5, 0.6) is 0 Å². The van der Waals surface area contributed by atoms with Crippen molar-refractivity contribution in [3.63, 3.8) is 0 Å². The minimum absolute atomic E-state index is 0.00668. The highest BCUT2D eigenvalue weighted by molar-refractivity contribution is 5.81. The largest absolute Gasteiger partial charge is 0.388 e. The van der Waals surface area contributed by atoms with Crippen molar-refractivity contribution in [3.8, 4) is 0 Å². The summed E-state index contributed by atoms with van der Waals surface area (Å²) in [6.07, 6.45) is 0.343. The van der Waals surface area contributed by atoms with Crippen LogP contribution in [-0.2, 0) is 16.1 Å². The number of carbonyl (C=O) groups excluding carboxylic acids is 1. The first-order chi connectivity index (χ1) is 16.8. The van der Waals surface area contributed by atoms with E-state index in [9.17, 15) is 15.0 Å². The van der Waals surface area contributed by atoms with Crippen molar-refractivity contribution in [1.82, 2.24) is 24.8 Å². The molecule has 2 aromatic heterocycles. The summed E-state index contributed by atoms with van der Waals surface area (Å²) in [5, 5.41) is 25.0. The van der Waals surface area contributed by atoms with Gasteiger partial charge in [0.1, 0.15) is 24.1 Å². The van der Waals surface area contributed by atoms with Gasteiger partial charge in [0.2, 0.25) is 5.91 Å². The highest BCUT2D eigenvalue weighted by Crippen LogP contribution is 2.35. The number of benzene rings is 1. The lowest BCUT2D eigenvalue weighted by Gasteiger charge is -2.24. The van der Waals surface area contributed by atoms with Crippen LogP contribution in [-0.4, -0.2) is 66.5 Å². The zero-order valence-electron chi connectivity index (χ0n) is 19.3. The lowest BCUT2D eigenvalue weighted by Crippen LogP contribution is -2.38. The van der Waals surface area contributed by atoms with Gasteiger partial charge in [-0.2, -0.15) is 0 Å². The summed E-state index contributed by atoms with van der Waals surface area (Å²) in [6.45, 7) is 1.27. The number of nitrogens with zero attached hydrogens (tertiary/aromatic N) is 4. The van der Waals surface area contributed by atoms with E-state index in [4.69, 9.17) is 21.9 Å². The van der Waals surface area contributed by atoms with E-state index in [1.54, 1.807) is 4.57 Å². The molecule has 12 heteroatoms. The second-order valence-electron chi connectivity index (χ2n) is 8.93. The number of aromatic nitrogens is 4. The Balaban J connectivity index is 1.44. The van der Waals surface area contributed by atoms with E-state index in [2.05, 4.69) is 20.3 Å². The SMILES string of the molecule is NC(=O)[C@@H](N)CC[C@H](CNCc1ccccc1)C[C@H]1O[C@@H](n2cnc3c(N)ncnc32)[C@H](O)[C@@H]1O. The van der Waals surface area contributed by atoms with Crippen LogP contribution < -0.4 is 22.5 Å². The number of nitrogens with two attached hydrogens (primary N) is 3. The lowest BCUT2D eigenvalue weighted by molar-refractivity contribution is -0.119. The topological polar surface area (TPSA) is 200 Å². The van der Waals surface area contributed by atoms with Crippen LogP contribution in [0.15, 0.2) is 43.0 Å². The smallest absolute Gasteiger partial charge is 0.234 e. The fourth-order valence-corrected chi connectivity index (χ4v) is 4.42. The summed E-state index contributed by atoms with van der Waals surface area (Å²) in [7, 11) is 0. The Hall–Kier alpha value is -3.16. The van der Waals surface area contributed by atoms with E-state index < -0.39 is 36.5 Å². The average Bonchev–Trinajstić information content (AvgIpc) is 3.40. The van der Waals surface area contributed by atoms with E-state index in [0.717, 1.165) is 5.56 Å². The van der Waals surface area contributed by atoms with Crippen LogP contribution in [0.25, 0.3) is 11.2 Å². The summed E-state index contributed by atoms with van der Waals surface area (Å²) in [6, 6.07) is 9.22. The maximum Gasteiger partial charge on any atom is 0.234 e. The standard InChI is InChI=1S/C23H32N8O4/c24-15(21(26)34)7-6-14(10-27-9-13-4-2-1-3-5-13)8-16-18(32)19(33)23(35-16)31-12-30-17-20(25)28-11-29-22(17)31/h1-5,11-12,14-16,18-19,23,27,32-33H,6-10,24H2,(H2,26,34)(H2,25,28,29)/t14-,15-,16+,18+,19+,23+/m0/s1. The van der Waals surface area contributed by atoms with E-state index in [1.165, 1.54) is 12.7 Å². The molecule has 3 aromatic rings. The van der Waals surface area contributed by atoms with E-state index >= 15 is 0 Å². The molecule has 0 bridgehead atoms. The van der Waals surface area contributed by atoms with Gasteiger partial charge in [-0.05, 0) is 37.3 Å². The monoisotopic (exact) mass is 484 g/mol. The molecular formula is C23H32N8O4. The first-order valence-electron chi connectivity index (χ1n) is 11.6. The maximum atomic E-state index is 11.4. The molecule has 9 N–H and O–H groups in total. The normalized spacial score (nSPS) is 24.0. The summed E-state index contributed by atoms with van der Waals surface area (Å²) in [4.78, 5) is 23.7. The Labute approximate surface area is 202 Å². The Bertz CT molecular complexity index is 1130. The van der Waals surface area contributed by atoms with Crippen LogP contribution in [0.2, 0.25) is 0 Å². The quantitative estimate of drug-likeness (QED) is 0.204. The molecule has 1 aliphatic rings. The van der Waals surface area contributed by atoms with Crippen LogP contribution in [0.1, 0.15) is 31.1 Å². The van der Waals surface area contributed by atoms with Gasteiger partial charge in [-0.3, -0.25) is 9.36 Å². The number of nitrogens with one attached hydrogen (secondary N) is 1. The number of amides is 1. The number of aliphatic hydroxyl groups excluding tert-OH is 2. The summed E-state index contributed by atoms with van der Waals surface area (Å²) >= 11 is 0. The fraction of sp³-hybridized carbons (Fsp3) is 0.478. The minimum Gasteiger partial charge on any atom is -0.388 e. The summed E-state index contributed by atoms with van der Waals surface area (Å²) in [5.41, 5.74) is 19.0. The van der Waals surface area contributed by atoms with Gasteiger partial charge < -0.3 is 37.5 Å². The molecule has 35 heavy (non-hydrogen) atoms. The highest BCUT2D eigenvalue weighted by atomic mass is 16.6. The van der Waals surface area contributed by atoms with E-state index in [1.807, 2.05) is 30.3 Å². The molecule has 0 spiro atoms. The third-order valence-electron chi connectivity index (χ3n) is 6.42. The van der Waals surface area contributed by atoms with Crippen molar-refractivity contribution in [3.05, 3.63) is 48.5 Å². The Morgan fingerprint density at radius 3 is 2.66 bits per heavy atom. The van der Waals surface area contributed by atoms with Gasteiger partial charge in [0.25, 0.3) is 0 Å². The second kappa shape index (κ2) is 11.1. The second-order valence-corrected chi connectivity index (χ2v) is 8.93. The zero-order chi connectivity index (χ0) is 24.9. The molecule has 1 aromatic carbocycles. The Morgan fingerprint density at radius 2 is 1.91 bits per heavy atom. The fourth-order valence-electron chi connectivity index (χ4n) is 4.42. The van der Waals surface area contributed by atoms with E-state index in [0.29, 0.717) is 43.5 Å². The number of hydrogen-bond acceptors (Lipinski definition) is 10. The number of imidazole rings is 1. The first kappa shape index (κ1) is 24.9. The number of carbonyl (C=O) groups is 1. The van der Waals surface area contributed by atoms with E-state index in [-0.39, 0.29) is 11.7 Å². The Morgan fingerprint density at radius 1 is 1.14 bits per heavy atom. The van der Waals surface area contributed by atoms with Crippen LogP contribution in [0, 0.1) is 5.92 Å². The summed E-state index contributed by atoms with van der Waals surface area (Å²) < 4.78 is 7.65. The number of anilines is 1. The van der Waals surface area contributed by atoms with Gasteiger partial charge in [0.15, 0.2) is 17.7 Å². The molecule has 0 unspecified atom stereocenters. The number of nitrogen functional groups attached to an aromatic ring is 1. The predicted octanol–water partition coefficient (Wildman–Crippen LogP) is -0.583. The van der Waals surface area contributed by atoms with Gasteiger partial charge in [-0.25, -0.2) is 15.0 Å². The lowest BCUT2D eigenvalue weighted by atomic mass is 9.91. The van der Waals surface area contributed by atoms with Crippen LogP contribution >= 0.6 is 0 Å². The average molecular weight is 485 g/mol. The number of fused-ring (bicyclic) bond motifs is 1. The molecule has 1 fully saturated rings. The molecule has 0 radical (unpaired) electrons. The molecule has 4 rings (SSSR count). The maximum absolute atomic E-state index is 11.4.